The third-order valence-electron chi connectivity index (χ3n) is 5.90. The summed E-state index contributed by atoms with van der Waals surface area (Å²) in [4.78, 5) is 32.5. The number of benzene rings is 1. The van der Waals surface area contributed by atoms with Crippen LogP contribution in [-0.2, 0) is 13.0 Å². The van der Waals surface area contributed by atoms with Crippen LogP contribution in [-0.4, -0.2) is 39.4 Å². The maximum absolute atomic E-state index is 13.1. The van der Waals surface area contributed by atoms with Crippen molar-refractivity contribution in [2.75, 3.05) is 18.4 Å². The van der Waals surface area contributed by atoms with Crippen molar-refractivity contribution in [1.29, 1.82) is 0 Å². The first-order valence-corrected chi connectivity index (χ1v) is 10.3. The van der Waals surface area contributed by atoms with E-state index in [9.17, 15) is 9.59 Å². The van der Waals surface area contributed by atoms with Gasteiger partial charge in [0.25, 0.3) is 11.8 Å². The van der Waals surface area contributed by atoms with Gasteiger partial charge in [-0.2, -0.15) is 0 Å². The summed E-state index contributed by atoms with van der Waals surface area (Å²) in [5.74, 6) is 0.741. The minimum absolute atomic E-state index is 0.0214. The van der Waals surface area contributed by atoms with Gasteiger partial charge in [-0.25, -0.2) is 4.98 Å². The molecular formula is C22H28N4O2. The van der Waals surface area contributed by atoms with Crippen molar-refractivity contribution in [3.05, 3.63) is 47.0 Å². The first kappa shape index (κ1) is 18.7. The first-order chi connectivity index (χ1) is 13.5. The van der Waals surface area contributed by atoms with Crippen LogP contribution >= 0.6 is 0 Å². The van der Waals surface area contributed by atoms with Crippen molar-refractivity contribution >= 4 is 17.5 Å². The van der Waals surface area contributed by atoms with Gasteiger partial charge in [-0.05, 0) is 57.1 Å². The largest absolute Gasteiger partial charge is 0.337 e. The van der Waals surface area contributed by atoms with E-state index in [4.69, 9.17) is 0 Å². The van der Waals surface area contributed by atoms with Gasteiger partial charge in [-0.1, -0.05) is 24.6 Å². The SMILES string of the molecule is Cc1ccc(NC(=O)c2nc(C(=O)N3CCC(C)CC3)c3n2CCCC3)cc1. The van der Waals surface area contributed by atoms with E-state index in [0.717, 1.165) is 68.7 Å². The molecular weight excluding hydrogens is 352 g/mol. The number of fused-ring (bicyclic) bond motifs is 1. The molecule has 3 heterocycles. The number of nitrogens with zero attached hydrogens (tertiary/aromatic N) is 3. The number of piperidine rings is 1. The maximum atomic E-state index is 13.1. The Kier molecular flexibility index (Phi) is 5.20. The predicted octanol–water partition coefficient (Wildman–Crippen LogP) is 3.65. The van der Waals surface area contributed by atoms with E-state index < -0.39 is 0 Å². The van der Waals surface area contributed by atoms with Gasteiger partial charge in [-0.15, -0.1) is 0 Å². The Morgan fingerprint density at radius 2 is 1.79 bits per heavy atom. The Morgan fingerprint density at radius 3 is 2.50 bits per heavy atom. The highest BCUT2D eigenvalue weighted by molar-refractivity contribution is 6.03. The Balaban J connectivity index is 1.60. The molecule has 0 unspecified atom stereocenters. The molecule has 0 spiro atoms. The van der Waals surface area contributed by atoms with E-state index in [-0.39, 0.29) is 11.8 Å². The quantitative estimate of drug-likeness (QED) is 0.884. The fourth-order valence-electron chi connectivity index (χ4n) is 4.07. The lowest BCUT2D eigenvalue weighted by molar-refractivity contribution is 0.0690. The molecule has 0 radical (unpaired) electrons. The average molecular weight is 380 g/mol. The molecule has 0 aliphatic carbocycles. The normalized spacial score (nSPS) is 17.3. The highest BCUT2D eigenvalue weighted by Gasteiger charge is 2.31. The Morgan fingerprint density at radius 1 is 1.07 bits per heavy atom. The van der Waals surface area contributed by atoms with Gasteiger partial charge in [0.05, 0.1) is 5.69 Å². The van der Waals surface area contributed by atoms with Crippen LogP contribution in [0.5, 0.6) is 0 Å². The lowest BCUT2D eigenvalue weighted by atomic mass is 9.98. The van der Waals surface area contributed by atoms with Crippen molar-refractivity contribution in [2.45, 2.75) is 52.5 Å². The molecule has 4 rings (SSSR count). The molecule has 1 aromatic carbocycles. The monoisotopic (exact) mass is 380 g/mol. The molecule has 6 nitrogen and oxygen atoms in total. The Hall–Kier alpha value is -2.63. The van der Waals surface area contributed by atoms with E-state index in [1.807, 2.05) is 40.7 Å². The van der Waals surface area contributed by atoms with Crippen molar-refractivity contribution in [2.24, 2.45) is 5.92 Å². The Bertz CT molecular complexity index is 877. The van der Waals surface area contributed by atoms with E-state index in [1.165, 1.54) is 0 Å². The average Bonchev–Trinajstić information content (AvgIpc) is 3.10. The summed E-state index contributed by atoms with van der Waals surface area (Å²) in [6.45, 7) is 6.53. The van der Waals surface area contributed by atoms with E-state index in [1.54, 1.807) is 0 Å². The molecule has 2 aliphatic rings. The number of rotatable bonds is 3. The molecule has 0 saturated carbocycles. The van der Waals surface area contributed by atoms with Crippen LogP contribution in [0, 0.1) is 12.8 Å². The van der Waals surface area contributed by atoms with E-state index >= 15 is 0 Å². The molecule has 2 amide bonds. The lowest BCUT2D eigenvalue weighted by Gasteiger charge is -2.30. The molecule has 0 atom stereocenters. The fourth-order valence-corrected chi connectivity index (χ4v) is 4.07. The molecule has 0 bridgehead atoms. The number of aryl methyl sites for hydroxylation is 1. The van der Waals surface area contributed by atoms with Crippen molar-refractivity contribution in [1.82, 2.24) is 14.5 Å². The second-order valence-corrected chi connectivity index (χ2v) is 8.13. The van der Waals surface area contributed by atoms with Gasteiger partial charge >= 0.3 is 0 Å². The predicted molar refractivity (Wildman–Crippen MR) is 109 cm³/mol. The van der Waals surface area contributed by atoms with Crippen molar-refractivity contribution < 1.29 is 9.59 Å². The molecule has 2 aliphatic heterocycles. The zero-order valence-corrected chi connectivity index (χ0v) is 16.7. The molecule has 1 aromatic heterocycles. The van der Waals surface area contributed by atoms with E-state index in [2.05, 4.69) is 17.2 Å². The molecule has 1 saturated heterocycles. The number of carbonyl (C=O) groups is 2. The number of anilines is 1. The topological polar surface area (TPSA) is 67.2 Å². The lowest BCUT2D eigenvalue weighted by Crippen LogP contribution is -2.38. The summed E-state index contributed by atoms with van der Waals surface area (Å²) in [5.41, 5.74) is 3.27. The third-order valence-corrected chi connectivity index (χ3v) is 5.90. The molecule has 28 heavy (non-hydrogen) atoms. The van der Waals surface area contributed by atoms with Crippen LogP contribution in [0.2, 0.25) is 0 Å². The highest BCUT2D eigenvalue weighted by Crippen LogP contribution is 2.25. The number of amides is 2. The summed E-state index contributed by atoms with van der Waals surface area (Å²) in [7, 11) is 0. The zero-order chi connectivity index (χ0) is 19.7. The van der Waals surface area contributed by atoms with Gasteiger partial charge in [-0.3, -0.25) is 9.59 Å². The van der Waals surface area contributed by atoms with Crippen molar-refractivity contribution in [3.8, 4) is 0 Å². The number of carbonyl (C=O) groups excluding carboxylic acids is 2. The summed E-state index contributed by atoms with van der Waals surface area (Å²) in [5, 5.41) is 2.93. The molecule has 2 aromatic rings. The fraction of sp³-hybridized carbons (Fsp3) is 0.500. The summed E-state index contributed by atoms with van der Waals surface area (Å²) in [6, 6.07) is 7.69. The molecule has 6 heteroatoms. The van der Waals surface area contributed by atoms with Gasteiger partial charge in [0.1, 0.15) is 5.69 Å². The number of hydrogen-bond acceptors (Lipinski definition) is 3. The summed E-state index contributed by atoms with van der Waals surface area (Å²) < 4.78 is 1.95. The van der Waals surface area contributed by atoms with Crippen LogP contribution in [0.3, 0.4) is 0 Å². The third kappa shape index (κ3) is 3.68. The summed E-state index contributed by atoms with van der Waals surface area (Å²) in [6.07, 6.45) is 4.90. The van der Waals surface area contributed by atoms with Gasteiger partial charge < -0.3 is 14.8 Å². The van der Waals surface area contributed by atoms with Crippen LogP contribution in [0.1, 0.15) is 65.0 Å². The smallest absolute Gasteiger partial charge is 0.291 e. The van der Waals surface area contributed by atoms with Crippen LogP contribution in [0.4, 0.5) is 5.69 Å². The number of imidazole rings is 1. The van der Waals surface area contributed by atoms with Gasteiger partial charge in [0.15, 0.2) is 5.82 Å². The molecule has 148 valence electrons. The molecule has 1 N–H and O–H groups in total. The van der Waals surface area contributed by atoms with Gasteiger partial charge in [0, 0.05) is 25.3 Å². The second-order valence-electron chi connectivity index (χ2n) is 8.13. The second kappa shape index (κ2) is 7.78. The van der Waals surface area contributed by atoms with Crippen molar-refractivity contribution in [3.63, 3.8) is 0 Å². The standard InChI is InChI=1S/C22H28N4O2/c1-15-6-8-17(9-7-15)23-21(27)20-24-19(18-5-3-4-12-26(18)20)22(28)25-13-10-16(2)11-14-25/h6-9,16H,3-5,10-14H2,1-2H3,(H,23,27). The molecule has 1 fully saturated rings. The van der Waals surface area contributed by atoms with E-state index in [0.29, 0.717) is 17.4 Å². The minimum Gasteiger partial charge on any atom is -0.337 e. The number of nitrogens with one attached hydrogen (secondary N) is 1. The van der Waals surface area contributed by atoms with Crippen LogP contribution < -0.4 is 5.32 Å². The maximum Gasteiger partial charge on any atom is 0.291 e. The summed E-state index contributed by atoms with van der Waals surface area (Å²) >= 11 is 0. The van der Waals surface area contributed by atoms with Crippen LogP contribution in [0.25, 0.3) is 0 Å². The minimum atomic E-state index is -0.252. The van der Waals surface area contributed by atoms with Gasteiger partial charge in [0.2, 0.25) is 0 Å². The number of aromatic nitrogens is 2. The number of likely N-dealkylation sites (tertiary alicyclic amines) is 1. The first-order valence-electron chi connectivity index (χ1n) is 10.3. The number of hydrogen-bond donors (Lipinski definition) is 1. The van der Waals surface area contributed by atoms with Crippen LogP contribution in [0.15, 0.2) is 24.3 Å². The Labute approximate surface area is 165 Å². The zero-order valence-electron chi connectivity index (χ0n) is 16.7. The highest BCUT2D eigenvalue weighted by atomic mass is 16.2.